The standard InChI is InChI=1S/C21H38N2/c1-6-8-9-11-20(10-7-2)22-12-13-23(16-22)21-18(4)14-17(3)15-19(21)5/h14,19-20H,6-13,15-16H2,1-5H3. The maximum Gasteiger partial charge on any atom is 0.0707 e. The molecule has 23 heavy (non-hydrogen) atoms. The Bertz CT molecular complexity index is 435. The minimum Gasteiger partial charge on any atom is -0.360 e. The molecule has 2 nitrogen and oxygen atoms in total. The van der Waals surface area contributed by atoms with Crippen LogP contribution in [0.2, 0.25) is 0 Å². The lowest BCUT2D eigenvalue weighted by Crippen LogP contribution is -2.36. The van der Waals surface area contributed by atoms with Crippen LogP contribution in [0.3, 0.4) is 0 Å². The highest BCUT2D eigenvalue weighted by molar-refractivity contribution is 5.32. The molecule has 2 unspecified atom stereocenters. The first-order chi connectivity index (χ1) is 11.1. The highest BCUT2D eigenvalue weighted by atomic mass is 15.4. The average Bonchev–Trinajstić information content (AvgIpc) is 2.95. The predicted octanol–water partition coefficient (Wildman–Crippen LogP) is 5.57. The van der Waals surface area contributed by atoms with Crippen LogP contribution in [0.15, 0.2) is 22.9 Å². The Hall–Kier alpha value is -0.760. The van der Waals surface area contributed by atoms with E-state index in [9.17, 15) is 0 Å². The van der Waals surface area contributed by atoms with Gasteiger partial charge in [-0.05, 0) is 38.7 Å². The molecule has 1 aliphatic heterocycles. The van der Waals surface area contributed by atoms with Gasteiger partial charge in [0.2, 0.25) is 0 Å². The molecule has 0 aromatic carbocycles. The monoisotopic (exact) mass is 318 g/mol. The molecule has 1 heterocycles. The van der Waals surface area contributed by atoms with Crippen molar-refractivity contribution in [1.29, 1.82) is 0 Å². The van der Waals surface area contributed by atoms with Crippen molar-refractivity contribution in [2.45, 2.75) is 85.6 Å². The van der Waals surface area contributed by atoms with Gasteiger partial charge in [0, 0.05) is 30.7 Å². The first-order valence-electron chi connectivity index (χ1n) is 9.93. The fourth-order valence-electron chi connectivity index (χ4n) is 4.61. The third kappa shape index (κ3) is 4.86. The summed E-state index contributed by atoms with van der Waals surface area (Å²) in [7, 11) is 0. The SMILES string of the molecule is CCCCCC(CCC)N1CCN(C2=C(C)C=C(C)CC2C)C1. The molecule has 2 heteroatoms. The van der Waals surface area contributed by atoms with Crippen LogP contribution < -0.4 is 0 Å². The zero-order valence-corrected chi connectivity index (χ0v) is 16.2. The molecule has 0 spiro atoms. The quantitative estimate of drug-likeness (QED) is 0.540. The highest BCUT2D eigenvalue weighted by Gasteiger charge is 2.30. The minimum absolute atomic E-state index is 0.685. The molecule has 2 rings (SSSR count). The van der Waals surface area contributed by atoms with Gasteiger partial charge in [0.05, 0.1) is 6.67 Å². The largest absolute Gasteiger partial charge is 0.360 e. The molecule has 0 bridgehead atoms. The second-order valence-corrected chi connectivity index (χ2v) is 7.82. The number of nitrogens with zero attached hydrogens (tertiary/aromatic N) is 2. The minimum atomic E-state index is 0.685. The molecule has 132 valence electrons. The smallest absolute Gasteiger partial charge is 0.0707 e. The average molecular weight is 319 g/mol. The van der Waals surface area contributed by atoms with Crippen LogP contribution in [0.25, 0.3) is 0 Å². The molecule has 2 aliphatic rings. The van der Waals surface area contributed by atoms with Gasteiger partial charge in [-0.2, -0.15) is 0 Å². The zero-order valence-electron chi connectivity index (χ0n) is 16.2. The van der Waals surface area contributed by atoms with Crippen LogP contribution in [-0.2, 0) is 0 Å². The fourth-order valence-corrected chi connectivity index (χ4v) is 4.61. The molecule has 2 atom stereocenters. The maximum atomic E-state index is 2.76. The van der Waals surface area contributed by atoms with Crippen LogP contribution in [0, 0.1) is 5.92 Å². The van der Waals surface area contributed by atoms with Crippen LogP contribution >= 0.6 is 0 Å². The lowest BCUT2D eigenvalue weighted by Gasteiger charge is -2.33. The summed E-state index contributed by atoms with van der Waals surface area (Å²) >= 11 is 0. The number of rotatable bonds is 8. The van der Waals surface area contributed by atoms with Crippen molar-refractivity contribution >= 4 is 0 Å². The lowest BCUT2D eigenvalue weighted by molar-refractivity contribution is 0.180. The van der Waals surface area contributed by atoms with E-state index in [0.717, 1.165) is 12.7 Å². The lowest BCUT2D eigenvalue weighted by atomic mass is 9.89. The summed E-state index contributed by atoms with van der Waals surface area (Å²) < 4.78 is 0. The van der Waals surface area contributed by atoms with E-state index in [1.807, 2.05) is 0 Å². The second kappa shape index (κ2) is 8.92. The number of unbranched alkanes of at least 4 members (excludes halogenated alkanes) is 2. The van der Waals surface area contributed by atoms with E-state index in [1.54, 1.807) is 11.3 Å². The molecule has 0 N–H and O–H groups in total. The molecule has 1 fully saturated rings. The fraction of sp³-hybridized carbons (Fsp3) is 0.810. The Morgan fingerprint density at radius 3 is 2.52 bits per heavy atom. The molecule has 1 saturated heterocycles. The van der Waals surface area contributed by atoms with Crippen molar-refractivity contribution in [1.82, 2.24) is 9.80 Å². The van der Waals surface area contributed by atoms with Crippen LogP contribution in [0.1, 0.15) is 79.6 Å². The molecular weight excluding hydrogens is 280 g/mol. The summed E-state index contributed by atoms with van der Waals surface area (Å²) in [6.07, 6.45) is 11.8. The number of hydrogen-bond acceptors (Lipinski definition) is 2. The normalized spacial score (nSPS) is 24.3. The Balaban J connectivity index is 1.99. The molecule has 0 aromatic rings. The van der Waals surface area contributed by atoms with Gasteiger partial charge in [0.1, 0.15) is 0 Å². The Morgan fingerprint density at radius 1 is 1.09 bits per heavy atom. The first kappa shape index (κ1) is 18.6. The summed E-state index contributed by atoms with van der Waals surface area (Å²) in [6, 6.07) is 0.800. The van der Waals surface area contributed by atoms with Gasteiger partial charge >= 0.3 is 0 Å². The third-order valence-electron chi connectivity index (χ3n) is 5.59. The molecule has 0 amide bonds. The number of hydrogen-bond donors (Lipinski definition) is 0. The van der Waals surface area contributed by atoms with Gasteiger partial charge in [-0.25, -0.2) is 0 Å². The van der Waals surface area contributed by atoms with Crippen LogP contribution in [0.4, 0.5) is 0 Å². The van der Waals surface area contributed by atoms with E-state index < -0.39 is 0 Å². The van der Waals surface area contributed by atoms with E-state index in [1.165, 1.54) is 63.6 Å². The van der Waals surface area contributed by atoms with Gasteiger partial charge < -0.3 is 4.90 Å². The summed E-state index contributed by atoms with van der Waals surface area (Å²) in [6.45, 7) is 15.3. The Morgan fingerprint density at radius 2 is 1.87 bits per heavy atom. The van der Waals surface area contributed by atoms with Crippen molar-refractivity contribution in [2.24, 2.45) is 5.92 Å². The summed E-state index contributed by atoms with van der Waals surface area (Å²) in [5, 5.41) is 0. The first-order valence-corrected chi connectivity index (χ1v) is 9.93. The van der Waals surface area contributed by atoms with Crippen LogP contribution in [-0.4, -0.2) is 35.6 Å². The third-order valence-corrected chi connectivity index (χ3v) is 5.59. The summed E-state index contributed by atoms with van der Waals surface area (Å²) in [5.74, 6) is 0.685. The van der Waals surface area contributed by atoms with Crippen molar-refractivity contribution in [2.75, 3.05) is 19.8 Å². The van der Waals surface area contributed by atoms with E-state index in [4.69, 9.17) is 0 Å². The van der Waals surface area contributed by atoms with Crippen molar-refractivity contribution in [3.05, 3.63) is 22.9 Å². The van der Waals surface area contributed by atoms with Gasteiger partial charge in [-0.1, -0.05) is 58.1 Å². The van der Waals surface area contributed by atoms with Gasteiger partial charge in [0.15, 0.2) is 0 Å². The van der Waals surface area contributed by atoms with E-state index in [0.29, 0.717) is 5.92 Å². The van der Waals surface area contributed by atoms with Crippen molar-refractivity contribution in [3.63, 3.8) is 0 Å². The molecule has 0 saturated carbocycles. The molecular formula is C21H38N2. The number of allylic oxidation sites excluding steroid dienone is 4. The van der Waals surface area contributed by atoms with E-state index in [-0.39, 0.29) is 0 Å². The zero-order chi connectivity index (χ0) is 16.8. The van der Waals surface area contributed by atoms with Gasteiger partial charge in [-0.3, -0.25) is 4.90 Å². The Labute approximate surface area is 144 Å². The van der Waals surface area contributed by atoms with Gasteiger partial charge in [0.25, 0.3) is 0 Å². The predicted molar refractivity (Wildman–Crippen MR) is 101 cm³/mol. The molecule has 1 aliphatic carbocycles. The van der Waals surface area contributed by atoms with Crippen LogP contribution in [0.5, 0.6) is 0 Å². The van der Waals surface area contributed by atoms with Crippen molar-refractivity contribution in [3.8, 4) is 0 Å². The van der Waals surface area contributed by atoms with Crippen molar-refractivity contribution < 1.29 is 0 Å². The second-order valence-electron chi connectivity index (χ2n) is 7.82. The topological polar surface area (TPSA) is 6.48 Å². The highest BCUT2D eigenvalue weighted by Crippen LogP contribution is 2.33. The van der Waals surface area contributed by atoms with E-state index >= 15 is 0 Å². The van der Waals surface area contributed by atoms with Gasteiger partial charge in [-0.15, -0.1) is 0 Å². The molecule has 0 aromatic heterocycles. The molecule has 0 radical (unpaired) electrons. The maximum absolute atomic E-state index is 2.76. The Kier molecular flexibility index (Phi) is 7.20. The summed E-state index contributed by atoms with van der Waals surface area (Å²) in [4.78, 5) is 5.43. The summed E-state index contributed by atoms with van der Waals surface area (Å²) in [5.41, 5.74) is 4.65. The van der Waals surface area contributed by atoms with E-state index in [2.05, 4.69) is 50.5 Å².